The maximum atomic E-state index is 12.4. The molecule has 0 bridgehead atoms. The lowest BCUT2D eigenvalue weighted by Crippen LogP contribution is -2.73. The normalized spacial score (nSPS) is 14.1. The first-order valence-electron chi connectivity index (χ1n) is 6.51. The van der Waals surface area contributed by atoms with Crippen LogP contribution in [0, 0.1) is 0 Å². The van der Waals surface area contributed by atoms with E-state index in [4.69, 9.17) is 16.2 Å². The molecule has 1 rings (SSSR count). The molecule has 0 fully saturated rings. The third-order valence-electron chi connectivity index (χ3n) is 3.26. The number of hydrogen-bond donors (Lipinski definition) is 5. The third-order valence-corrected chi connectivity index (χ3v) is 3.26. The van der Waals surface area contributed by atoms with Gasteiger partial charge in [-0.1, -0.05) is 0 Å². The summed E-state index contributed by atoms with van der Waals surface area (Å²) in [5, 5.41) is 11.7. The van der Waals surface area contributed by atoms with Gasteiger partial charge in [0.25, 0.3) is 5.71 Å². The number of nitrogen functional groups attached to an aromatic ring is 1. The summed E-state index contributed by atoms with van der Waals surface area (Å²) in [4.78, 5) is 26.5. The van der Waals surface area contributed by atoms with Crippen LogP contribution in [-0.2, 0) is 9.59 Å². The number of aliphatic hydroxyl groups excluding tert-OH is 1. The topological polar surface area (TPSA) is 142 Å². The van der Waals surface area contributed by atoms with Crippen LogP contribution in [0.1, 0.15) is 12.5 Å². The Kier molecular flexibility index (Phi) is 5.47. The van der Waals surface area contributed by atoms with Gasteiger partial charge in [0.2, 0.25) is 5.91 Å². The van der Waals surface area contributed by atoms with Gasteiger partial charge in [-0.05, 0) is 25.1 Å². The summed E-state index contributed by atoms with van der Waals surface area (Å²) in [7, 11) is 3.03. The first-order chi connectivity index (χ1) is 10.3. The number of nitrogens with two attached hydrogens (primary N) is 2. The fourth-order valence-corrected chi connectivity index (χ4v) is 1.74. The molecule has 1 unspecified atom stereocenters. The van der Waals surface area contributed by atoms with Crippen LogP contribution in [0.4, 0.5) is 5.69 Å². The highest BCUT2D eigenvalue weighted by Crippen LogP contribution is 2.19. The van der Waals surface area contributed by atoms with E-state index in [0.29, 0.717) is 17.0 Å². The van der Waals surface area contributed by atoms with E-state index in [2.05, 4.69) is 10.3 Å². The van der Waals surface area contributed by atoms with Gasteiger partial charge in [0.05, 0.1) is 19.3 Å². The van der Waals surface area contributed by atoms with E-state index >= 15 is 0 Å². The Balaban J connectivity index is 3.17. The van der Waals surface area contributed by atoms with Crippen molar-refractivity contribution in [3.63, 3.8) is 0 Å². The Hall–Kier alpha value is -2.61. The van der Waals surface area contributed by atoms with Crippen LogP contribution >= 0.6 is 0 Å². The number of benzene rings is 1. The van der Waals surface area contributed by atoms with Crippen molar-refractivity contribution in [2.75, 3.05) is 26.5 Å². The molecule has 0 aromatic heterocycles. The summed E-state index contributed by atoms with van der Waals surface area (Å²) in [5.74, 6) is -0.959. The maximum Gasteiger partial charge on any atom is 0.317 e. The van der Waals surface area contributed by atoms with E-state index in [1.165, 1.54) is 21.1 Å². The summed E-state index contributed by atoms with van der Waals surface area (Å²) in [6, 6.07) is 4.84. The van der Waals surface area contributed by atoms with Crippen LogP contribution in [0.5, 0.6) is 5.75 Å². The van der Waals surface area contributed by atoms with Crippen molar-refractivity contribution >= 4 is 23.2 Å². The highest BCUT2D eigenvalue weighted by Gasteiger charge is 2.35. The van der Waals surface area contributed by atoms with E-state index < -0.39 is 24.0 Å². The average Bonchev–Trinajstić information content (AvgIpc) is 2.49. The van der Waals surface area contributed by atoms with E-state index in [1.807, 2.05) is 0 Å². The van der Waals surface area contributed by atoms with Crippen LogP contribution in [0.3, 0.4) is 0 Å². The molecule has 0 aliphatic carbocycles. The highest BCUT2D eigenvalue weighted by atomic mass is 16.5. The molecule has 2 amide bonds. The Bertz CT molecular complexity index is 615. The van der Waals surface area contributed by atoms with Gasteiger partial charge >= 0.3 is 5.91 Å². The minimum atomic E-state index is -1.58. The first kappa shape index (κ1) is 17.4. The molecule has 1 atom stereocenters. The van der Waals surface area contributed by atoms with Gasteiger partial charge in [0.1, 0.15) is 18.3 Å². The van der Waals surface area contributed by atoms with Gasteiger partial charge in [0, 0.05) is 5.69 Å². The molecule has 0 saturated carbocycles. The molecule has 1 aromatic rings. The summed E-state index contributed by atoms with van der Waals surface area (Å²) in [6.07, 6.45) is 0. The summed E-state index contributed by atoms with van der Waals surface area (Å²) >= 11 is 0. The zero-order chi connectivity index (χ0) is 16.9. The number of anilines is 1. The predicted octanol–water partition coefficient (Wildman–Crippen LogP) is -2.87. The van der Waals surface area contributed by atoms with Crippen molar-refractivity contribution in [2.45, 2.75) is 12.5 Å². The quantitative estimate of drug-likeness (QED) is 0.284. The number of methoxy groups -OCH3 is 1. The van der Waals surface area contributed by atoms with Crippen LogP contribution in [0.15, 0.2) is 18.2 Å². The number of rotatable bonds is 6. The fourth-order valence-electron chi connectivity index (χ4n) is 1.74. The molecule has 22 heavy (non-hydrogen) atoms. The number of ether oxygens (including phenoxy) is 1. The molecule has 0 saturated heterocycles. The molecule has 1 aromatic carbocycles. The Morgan fingerprint density at radius 3 is 2.55 bits per heavy atom. The number of aliphatic hydroxyl groups is 1. The van der Waals surface area contributed by atoms with Gasteiger partial charge in [-0.2, -0.15) is 0 Å². The van der Waals surface area contributed by atoms with Crippen molar-refractivity contribution in [3.8, 4) is 5.75 Å². The fraction of sp³-hybridized carbons (Fsp3) is 0.357. The van der Waals surface area contributed by atoms with E-state index in [0.717, 1.165) is 0 Å². The molecule has 0 spiro atoms. The largest absolute Gasteiger partial charge is 0.497 e. The first-order valence-corrected chi connectivity index (χ1v) is 6.51. The lowest BCUT2D eigenvalue weighted by atomic mass is 10.0. The van der Waals surface area contributed by atoms with Gasteiger partial charge in [-0.15, -0.1) is 0 Å². The monoisotopic (exact) mass is 309 g/mol. The van der Waals surface area contributed by atoms with Crippen molar-refractivity contribution in [1.82, 2.24) is 5.32 Å². The number of amides is 2. The number of carbonyl (C=O) groups excluding carboxylic acids is 2. The standard InChI is InChI=1S/C14H20N4O4/c1-14(7-19,13(16)21)18-12(20)11(17-2)9-6-8(22-3)4-5-10(9)15/h4-6,19H,7,15H2,1-3H3,(H2,16,21)(H,18,20)/p+1. The number of carbonyl (C=O) groups is 2. The molecule has 8 heteroatoms. The lowest BCUT2D eigenvalue weighted by molar-refractivity contribution is -0.418. The highest BCUT2D eigenvalue weighted by molar-refractivity contribution is 6.44. The lowest BCUT2D eigenvalue weighted by Gasteiger charge is -2.24. The number of primary amides is 1. The van der Waals surface area contributed by atoms with E-state index in [9.17, 15) is 14.7 Å². The second-order valence-electron chi connectivity index (χ2n) is 4.89. The molecule has 120 valence electrons. The van der Waals surface area contributed by atoms with Crippen LogP contribution in [-0.4, -0.2) is 48.9 Å². The van der Waals surface area contributed by atoms with Crippen molar-refractivity contribution in [1.29, 1.82) is 0 Å². The van der Waals surface area contributed by atoms with E-state index in [1.54, 1.807) is 18.2 Å². The van der Waals surface area contributed by atoms with Crippen molar-refractivity contribution in [2.24, 2.45) is 5.73 Å². The Labute approximate surface area is 128 Å². The van der Waals surface area contributed by atoms with Gasteiger partial charge in [0.15, 0.2) is 0 Å². The van der Waals surface area contributed by atoms with Crippen LogP contribution in [0.25, 0.3) is 0 Å². The smallest absolute Gasteiger partial charge is 0.317 e. The zero-order valence-electron chi connectivity index (χ0n) is 12.8. The summed E-state index contributed by atoms with van der Waals surface area (Å²) in [6.45, 7) is 0.702. The van der Waals surface area contributed by atoms with Crippen LogP contribution < -0.4 is 26.5 Å². The van der Waals surface area contributed by atoms with Gasteiger partial charge in [-0.3, -0.25) is 9.59 Å². The Morgan fingerprint density at radius 2 is 2.09 bits per heavy atom. The van der Waals surface area contributed by atoms with Gasteiger partial charge < -0.3 is 26.6 Å². The maximum absolute atomic E-state index is 12.4. The Morgan fingerprint density at radius 1 is 1.45 bits per heavy atom. The minimum absolute atomic E-state index is 0.123. The second-order valence-corrected chi connectivity index (χ2v) is 4.89. The zero-order valence-corrected chi connectivity index (χ0v) is 12.8. The SMILES string of the molecule is C[NH+]=C(C(=O)NC(C)(CO)C(N)=O)c1cc(OC)ccc1N. The van der Waals surface area contributed by atoms with Crippen LogP contribution in [0.2, 0.25) is 0 Å². The van der Waals surface area contributed by atoms with Gasteiger partial charge in [-0.25, -0.2) is 4.99 Å². The molecule has 0 aliphatic rings. The molecular weight excluding hydrogens is 288 g/mol. The average molecular weight is 309 g/mol. The summed E-state index contributed by atoms with van der Waals surface area (Å²) < 4.78 is 5.10. The third kappa shape index (κ3) is 3.53. The predicted molar refractivity (Wildman–Crippen MR) is 81.2 cm³/mol. The molecule has 8 nitrogen and oxygen atoms in total. The molecule has 0 radical (unpaired) electrons. The van der Waals surface area contributed by atoms with Crippen molar-refractivity contribution < 1.29 is 24.4 Å². The summed E-state index contributed by atoms with van der Waals surface area (Å²) in [5.41, 5.74) is 10.4. The minimum Gasteiger partial charge on any atom is -0.497 e. The molecule has 0 heterocycles. The number of hydrogen-bond acceptors (Lipinski definition) is 5. The molecule has 7 N–H and O–H groups in total. The molecule has 0 aliphatic heterocycles. The van der Waals surface area contributed by atoms with Crippen molar-refractivity contribution in [3.05, 3.63) is 23.8 Å². The number of nitrogens with one attached hydrogen (secondary N) is 2. The van der Waals surface area contributed by atoms with E-state index in [-0.39, 0.29) is 5.71 Å². The second kappa shape index (κ2) is 6.90. The molecular formula is C14H21N4O4+.